The number of carbonyl (C=O) groups is 1. The van der Waals surface area contributed by atoms with Gasteiger partial charge in [-0.2, -0.15) is 0 Å². The quantitative estimate of drug-likeness (QED) is 0.878. The van der Waals surface area contributed by atoms with Crippen molar-refractivity contribution < 1.29 is 15.0 Å². The van der Waals surface area contributed by atoms with Gasteiger partial charge in [-0.05, 0) is 31.7 Å². The van der Waals surface area contributed by atoms with E-state index in [1.165, 1.54) is 0 Å². The van der Waals surface area contributed by atoms with Gasteiger partial charge in [0.25, 0.3) is 0 Å². The van der Waals surface area contributed by atoms with Crippen LogP contribution in [0.15, 0.2) is 23.2 Å². The summed E-state index contributed by atoms with van der Waals surface area (Å²) in [6, 6.07) is 5.21. The van der Waals surface area contributed by atoms with Gasteiger partial charge in [-0.25, -0.2) is 0 Å². The summed E-state index contributed by atoms with van der Waals surface area (Å²) in [5.41, 5.74) is 1.77. The monoisotopic (exact) mass is 338 g/mol. The average molecular weight is 338 g/mol. The molecule has 3 atom stereocenters. The van der Waals surface area contributed by atoms with E-state index in [4.69, 9.17) is 4.99 Å². The van der Waals surface area contributed by atoms with Crippen molar-refractivity contribution in [3.63, 3.8) is 0 Å². The van der Waals surface area contributed by atoms with Crippen molar-refractivity contribution >= 4 is 34.5 Å². The van der Waals surface area contributed by atoms with E-state index < -0.39 is 12.0 Å². The molecule has 0 amide bonds. The third-order valence-electron chi connectivity index (χ3n) is 3.99. The number of hydrogen-bond acceptors (Lipinski definition) is 6. The molecule has 0 aromatic heterocycles. The second-order valence-corrected chi connectivity index (χ2v) is 7.73. The molecule has 0 spiro atoms. The van der Waals surface area contributed by atoms with Crippen LogP contribution >= 0.6 is 23.5 Å². The first-order chi connectivity index (χ1) is 10.5. The summed E-state index contributed by atoms with van der Waals surface area (Å²) in [4.78, 5) is 17.8. The van der Waals surface area contributed by atoms with Crippen molar-refractivity contribution in [3.8, 4) is 5.75 Å². The standard InChI is InChI=1S/C15H18N2O3S2/c1-8-3-4-9(12(18)5-8)13-16-10(6-21-13)14-17(2)11(7-22-14)15(19)20/h3-5,10-11,14,18H,6-7H2,1-2H3,(H,19,20)/t10-,11?,14?/m1/s1. The van der Waals surface area contributed by atoms with Crippen LogP contribution in [0.3, 0.4) is 0 Å². The van der Waals surface area contributed by atoms with E-state index in [-0.39, 0.29) is 17.2 Å². The summed E-state index contributed by atoms with van der Waals surface area (Å²) in [6.45, 7) is 1.94. The number of benzene rings is 1. The molecule has 1 aromatic carbocycles. The summed E-state index contributed by atoms with van der Waals surface area (Å²) in [7, 11) is 1.85. The highest BCUT2D eigenvalue weighted by Gasteiger charge is 2.41. The predicted molar refractivity (Wildman–Crippen MR) is 91.1 cm³/mol. The molecular formula is C15H18N2O3S2. The highest BCUT2D eigenvalue weighted by atomic mass is 32.2. The summed E-state index contributed by atoms with van der Waals surface area (Å²) >= 11 is 3.27. The topological polar surface area (TPSA) is 73.1 Å². The lowest BCUT2D eigenvalue weighted by atomic mass is 10.1. The van der Waals surface area contributed by atoms with Crippen molar-refractivity contribution in [2.24, 2.45) is 4.99 Å². The Labute approximate surface area is 137 Å². The summed E-state index contributed by atoms with van der Waals surface area (Å²) in [5.74, 6) is 0.890. The summed E-state index contributed by atoms with van der Waals surface area (Å²) in [5, 5.41) is 20.2. The number of carboxylic acid groups (broad SMARTS) is 1. The Bertz CT molecular complexity index is 635. The van der Waals surface area contributed by atoms with Gasteiger partial charge in [0.1, 0.15) is 16.8 Å². The van der Waals surface area contributed by atoms with Crippen LogP contribution in [0.1, 0.15) is 11.1 Å². The Morgan fingerprint density at radius 1 is 1.41 bits per heavy atom. The van der Waals surface area contributed by atoms with E-state index in [1.54, 1.807) is 29.6 Å². The lowest BCUT2D eigenvalue weighted by Crippen LogP contribution is -2.42. The molecule has 118 valence electrons. The molecule has 1 saturated heterocycles. The molecule has 2 heterocycles. The first-order valence-corrected chi connectivity index (χ1v) is 9.07. The fourth-order valence-corrected chi connectivity index (χ4v) is 5.50. The van der Waals surface area contributed by atoms with E-state index in [2.05, 4.69) is 0 Å². The van der Waals surface area contributed by atoms with E-state index in [9.17, 15) is 15.0 Å². The molecule has 2 N–H and O–H groups in total. The number of phenols is 1. The Hall–Kier alpha value is -1.18. The molecule has 0 saturated carbocycles. The van der Waals surface area contributed by atoms with Crippen molar-refractivity contribution in [2.75, 3.05) is 18.6 Å². The second kappa shape index (κ2) is 6.14. The van der Waals surface area contributed by atoms with Gasteiger partial charge in [0.2, 0.25) is 0 Å². The molecule has 0 aliphatic carbocycles. The Morgan fingerprint density at radius 2 is 2.18 bits per heavy atom. The van der Waals surface area contributed by atoms with E-state index in [0.717, 1.165) is 21.9 Å². The number of aliphatic carboxylic acids is 1. The molecular weight excluding hydrogens is 320 g/mol. The Morgan fingerprint density at radius 3 is 2.82 bits per heavy atom. The molecule has 0 radical (unpaired) electrons. The SMILES string of the molecule is Cc1ccc(C2=N[C@@H](C3SCC(C(=O)O)N3C)CS2)c(O)c1. The molecule has 2 aliphatic heterocycles. The fraction of sp³-hybridized carbons (Fsp3) is 0.467. The number of phenolic OH excluding ortho intramolecular Hbond substituents is 1. The maximum absolute atomic E-state index is 11.2. The lowest BCUT2D eigenvalue weighted by molar-refractivity contribution is -0.141. The first-order valence-electron chi connectivity index (χ1n) is 7.04. The van der Waals surface area contributed by atoms with Gasteiger partial charge in [-0.15, -0.1) is 23.5 Å². The number of carboxylic acids is 1. The van der Waals surface area contributed by atoms with Gasteiger partial charge in [0.05, 0.1) is 11.4 Å². The molecule has 5 nitrogen and oxygen atoms in total. The van der Waals surface area contributed by atoms with Crippen LogP contribution in [-0.2, 0) is 4.79 Å². The van der Waals surface area contributed by atoms with Gasteiger partial charge in [0, 0.05) is 17.1 Å². The van der Waals surface area contributed by atoms with Crippen molar-refractivity contribution in [3.05, 3.63) is 29.3 Å². The number of thioether (sulfide) groups is 2. The van der Waals surface area contributed by atoms with Gasteiger partial charge in [-0.3, -0.25) is 14.7 Å². The summed E-state index contributed by atoms with van der Waals surface area (Å²) in [6.07, 6.45) is 0. The zero-order valence-corrected chi connectivity index (χ0v) is 14.0. The highest BCUT2D eigenvalue weighted by Crippen LogP contribution is 2.37. The second-order valence-electron chi connectivity index (χ2n) is 5.58. The highest BCUT2D eigenvalue weighted by molar-refractivity contribution is 8.14. The van der Waals surface area contributed by atoms with Crippen molar-refractivity contribution in [1.29, 1.82) is 0 Å². The Kier molecular flexibility index (Phi) is 4.38. The number of aliphatic imine (C=N–C) groups is 1. The number of aromatic hydroxyl groups is 1. The lowest BCUT2D eigenvalue weighted by Gasteiger charge is -2.24. The van der Waals surface area contributed by atoms with Crippen molar-refractivity contribution in [2.45, 2.75) is 24.4 Å². The van der Waals surface area contributed by atoms with Gasteiger partial charge < -0.3 is 10.2 Å². The number of likely N-dealkylation sites (N-methyl/N-ethyl adjacent to an activating group) is 1. The maximum Gasteiger partial charge on any atom is 0.321 e. The molecule has 2 unspecified atom stereocenters. The minimum absolute atomic E-state index is 0.0556. The van der Waals surface area contributed by atoms with Crippen LogP contribution in [0.5, 0.6) is 5.75 Å². The summed E-state index contributed by atoms with van der Waals surface area (Å²) < 4.78 is 0. The molecule has 2 aliphatic rings. The minimum atomic E-state index is -0.775. The molecule has 22 heavy (non-hydrogen) atoms. The van der Waals surface area contributed by atoms with Crippen LogP contribution in [0.25, 0.3) is 0 Å². The van der Waals surface area contributed by atoms with Gasteiger partial charge in [0.15, 0.2) is 0 Å². The normalized spacial score (nSPS) is 28.8. The minimum Gasteiger partial charge on any atom is -0.507 e. The smallest absolute Gasteiger partial charge is 0.321 e. The van der Waals surface area contributed by atoms with Crippen LogP contribution < -0.4 is 0 Å². The number of rotatable bonds is 3. The van der Waals surface area contributed by atoms with Crippen LogP contribution in [0.4, 0.5) is 0 Å². The number of aryl methyl sites for hydroxylation is 1. The first kappa shape index (κ1) is 15.7. The van der Waals surface area contributed by atoms with Crippen LogP contribution in [0, 0.1) is 6.92 Å². The fourth-order valence-electron chi connectivity index (χ4n) is 2.74. The van der Waals surface area contributed by atoms with E-state index >= 15 is 0 Å². The van der Waals surface area contributed by atoms with Gasteiger partial charge >= 0.3 is 5.97 Å². The number of hydrogen-bond donors (Lipinski definition) is 2. The van der Waals surface area contributed by atoms with Crippen LogP contribution in [0.2, 0.25) is 0 Å². The third-order valence-corrected chi connectivity index (χ3v) is 6.59. The predicted octanol–water partition coefficient (Wildman–Crippen LogP) is 2.02. The van der Waals surface area contributed by atoms with E-state index in [1.807, 2.05) is 31.0 Å². The Balaban J connectivity index is 1.79. The molecule has 1 fully saturated rings. The molecule has 0 bridgehead atoms. The van der Waals surface area contributed by atoms with Gasteiger partial charge in [-0.1, -0.05) is 6.07 Å². The van der Waals surface area contributed by atoms with E-state index in [0.29, 0.717) is 5.75 Å². The zero-order chi connectivity index (χ0) is 15.9. The zero-order valence-electron chi connectivity index (χ0n) is 12.4. The molecule has 7 heteroatoms. The molecule has 1 aromatic rings. The van der Waals surface area contributed by atoms with Crippen molar-refractivity contribution in [1.82, 2.24) is 4.90 Å². The maximum atomic E-state index is 11.2. The third kappa shape index (κ3) is 2.85. The average Bonchev–Trinajstić information content (AvgIpc) is 3.05. The molecule has 3 rings (SSSR count). The largest absolute Gasteiger partial charge is 0.507 e. The number of nitrogens with zero attached hydrogens (tertiary/aromatic N) is 2. The van der Waals surface area contributed by atoms with Crippen LogP contribution in [-0.4, -0.2) is 62.1 Å².